The summed E-state index contributed by atoms with van der Waals surface area (Å²) in [4.78, 5) is 8.69. The zero-order chi connectivity index (χ0) is 17.7. The van der Waals surface area contributed by atoms with Crippen LogP contribution in [0.25, 0.3) is 10.9 Å². The van der Waals surface area contributed by atoms with Gasteiger partial charge in [0.05, 0.1) is 23.7 Å². The number of methoxy groups -OCH3 is 1. The number of benzene rings is 2. The van der Waals surface area contributed by atoms with Gasteiger partial charge in [-0.15, -0.1) is 0 Å². The van der Waals surface area contributed by atoms with Crippen molar-refractivity contribution in [3.05, 3.63) is 72.4 Å². The van der Waals surface area contributed by atoms with E-state index < -0.39 is 0 Å². The van der Waals surface area contributed by atoms with E-state index in [1.165, 1.54) is 5.39 Å². The Morgan fingerprint density at radius 2 is 1.68 bits per heavy atom. The van der Waals surface area contributed by atoms with Crippen molar-refractivity contribution in [1.82, 2.24) is 4.98 Å². The third kappa shape index (κ3) is 4.15. The summed E-state index contributed by atoms with van der Waals surface area (Å²) in [5.41, 5.74) is 1.85. The van der Waals surface area contributed by atoms with Gasteiger partial charge in [0.1, 0.15) is 12.4 Å². The van der Waals surface area contributed by atoms with Crippen LogP contribution in [-0.4, -0.2) is 30.1 Å². The van der Waals surface area contributed by atoms with Crippen molar-refractivity contribution >= 4 is 16.8 Å². The van der Waals surface area contributed by atoms with Crippen molar-refractivity contribution in [3.8, 4) is 5.75 Å². The third-order valence-corrected chi connectivity index (χ3v) is 3.82. The number of aromatic nitrogens is 1. The van der Waals surface area contributed by atoms with Gasteiger partial charge in [0.25, 0.3) is 0 Å². The number of aliphatic imine (C=N–C) groups is 1. The molecule has 0 saturated carbocycles. The Balaban J connectivity index is 0.000000157. The van der Waals surface area contributed by atoms with Crippen molar-refractivity contribution in [3.63, 3.8) is 0 Å². The molecular weight excluding hydrogens is 312 g/mol. The minimum Gasteiger partial charge on any atom is -0.496 e. The van der Waals surface area contributed by atoms with E-state index in [4.69, 9.17) is 9.47 Å². The maximum Gasteiger partial charge on any atom is 0.220 e. The largest absolute Gasteiger partial charge is 0.496 e. The molecule has 0 unspecified atom stereocenters. The number of hydrogen-bond donors (Lipinski definition) is 0. The molecule has 0 saturated heterocycles. The van der Waals surface area contributed by atoms with E-state index in [-0.39, 0.29) is 5.54 Å². The number of para-hydroxylation sites is 2. The van der Waals surface area contributed by atoms with Crippen LogP contribution < -0.4 is 4.74 Å². The summed E-state index contributed by atoms with van der Waals surface area (Å²) in [7, 11) is 1.65. The predicted molar refractivity (Wildman–Crippen MR) is 101 cm³/mol. The van der Waals surface area contributed by atoms with E-state index in [2.05, 4.69) is 36.0 Å². The Kier molecular flexibility index (Phi) is 4.98. The summed E-state index contributed by atoms with van der Waals surface area (Å²) in [6.07, 6.45) is 1.81. The second kappa shape index (κ2) is 7.34. The number of fused-ring (bicyclic) bond motifs is 1. The van der Waals surface area contributed by atoms with Crippen LogP contribution in [0.2, 0.25) is 0 Å². The number of hydrogen-bond acceptors (Lipinski definition) is 4. The van der Waals surface area contributed by atoms with Crippen molar-refractivity contribution in [2.75, 3.05) is 13.7 Å². The first-order valence-electron chi connectivity index (χ1n) is 8.25. The fourth-order valence-electron chi connectivity index (χ4n) is 2.56. The molecule has 0 fully saturated rings. The van der Waals surface area contributed by atoms with Gasteiger partial charge in [-0.2, -0.15) is 0 Å². The lowest BCUT2D eigenvalue weighted by atomic mass is 10.1. The smallest absolute Gasteiger partial charge is 0.220 e. The Morgan fingerprint density at radius 3 is 2.40 bits per heavy atom. The van der Waals surface area contributed by atoms with Gasteiger partial charge in [-0.3, -0.25) is 4.98 Å². The predicted octanol–water partition coefficient (Wildman–Crippen LogP) is 4.49. The molecule has 1 aliphatic rings. The molecular formula is C21H22N2O2. The standard InChI is InChI=1S/C12H15NO2.C9H7N/c1-12(2)8-15-11(13-12)9-6-4-5-7-10(9)14-3;1-2-6-9-8(4-1)5-3-7-10-9/h4-7H,8H2,1-3H3;1-7H. The topological polar surface area (TPSA) is 43.7 Å². The fourth-order valence-corrected chi connectivity index (χ4v) is 2.56. The monoisotopic (exact) mass is 334 g/mol. The van der Waals surface area contributed by atoms with E-state index in [0.29, 0.717) is 12.5 Å². The van der Waals surface area contributed by atoms with E-state index in [0.717, 1.165) is 16.8 Å². The molecule has 2 heterocycles. The zero-order valence-corrected chi connectivity index (χ0v) is 14.8. The van der Waals surface area contributed by atoms with Crippen LogP contribution in [0.3, 0.4) is 0 Å². The molecule has 0 radical (unpaired) electrons. The Labute approximate surface area is 148 Å². The Hall–Kier alpha value is -2.88. The fraction of sp³-hybridized carbons (Fsp3) is 0.238. The van der Waals surface area contributed by atoms with Crippen LogP contribution in [0.4, 0.5) is 0 Å². The first kappa shape index (κ1) is 17.0. The molecule has 25 heavy (non-hydrogen) atoms. The average molecular weight is 334 g/mol. The van der Waals surface area contributed by atoms with Crippen LogP contribution in [0.5, 0.6) is 5.75 Å². The molecule has 4 nitrogen and oxygen atoms in total. The highest BCUT2D eigenvalue weighted by molar-refractivity contribution is 5.98. The van der Waals surface area contributed by atoms with Gasteiger partial charge in [-0.25, -0.2) is 4.99 Å². The molecule has 4 heteroatoms. The molecule has 128 valence electrons. The van der Waals surface area contributed by atoms with Crippen LogP contribution in [0.1, 0.15) is 19.4 Å². The lowest BCUT2D eigenvalue weighted by Gasteiger charge is -2.07. The van der Waals surface area contributed by atoms with Crippen molar-refractivity contribution < 1.29 is 9.47 Å². The highest BCUT2D eigenvalue weighted by atomic mass is 16.5. The second-order valence-corrected chi connectivity index (χ2v) is 6.41. The van der Waals surface area contributed by atoms with Gasteiger partial charge in [-0.1, -0.05) is 36.4 Å². The quantitative estimate of drug-likeness (QED) is 0.694. The van der Waals surface area contributed by atoms with Crippen LogP contribution in [0.15, 0.2) is 71.9 Å². The number of pyridine rings is 1. The molecule has 4 rings (SSSR count). The first-order chi connectivity index (χ1) is 12.1. The maximum atomic E-state index is 5.57. The molecule has 0 spiro atoms. The molecule has 1 aromatic heterocycles. The number of rotatable bonds is 2. The lowest BCUT2D eigenvalue weighted by Crippen LogP contribution is -2.17. The van der Waals surface area contributed by atoms with E-state index in [1.54, 1.807) is 7.11 Å². The maximum absolute atomic E-state index is 5.57. The number of nitrogens with zero attached hydrogens (tertiary/aromatic N) is 2. The normalized spacial score (nSPS) is 14.9. The van der Waals surface area contributed by atoms with Gasteiger partial charge >= 0.3 is 0 Å². The van der Waals surface area contributed by atoms with Crippen LogP contribution >= 0.6 is 0 Å². The van der Waals surface area contributed by atoms with E-state index in [9.17, 15) is 0 Å². The average Bonchev–Trinajstić information content (AvgIpc) is 3.02. The van der Waals surface area contributed by atoms with E-state index in [1.807, 2.05) is 54.7 Å². The SMILES string of the molecule is COc1ccccc1C1=NC(C)(C)CO1.c1ccc2ncccc2c1. The zero-order valence-electron chi connectivity index (χ0n) is 14.8. The van der Waals surface area contributed by atoms with Gasteiger partial charge in [0.2, 0.25) is 5.90 Å². The summed E-state index contributed by atoms with van der Waals surface area (Å²) in [5.74, 6) is 1.48. The summed E-state index contributed by atoms with van der Waals surface area (Å²) in [6, 6.07) is 19.8. The van der Waals surface area contributed by atoms with E-state index >= 15 is 0 Å². The molecule has 1 aliphatic heterocycles. The van der Waals surface area contributed by atoms with Crippen molar-refractivity contribution in [2.45, 2.75) is 19.4 Å². The van der Waals surface area contributed by atoms with Gasteiger partial charge in [0.15, 0.2) is 0 Å². The molecule has 2 aromatic carbocycles. The molecule has 3 aromatic rings. The number of ether oxygens (including phenoxy) is 2. The van der Waals surface area contributed by atoms with Crippen molar-refractivity contribution in [1.29, 1.82) is 0 Å². The highest BCUT2D eigenvalue weighted by Gasteiger charge is 2.28. The van der Waals surface area contributed by atoms with Gasteiger partial charge in [0, 0.05) is 11.6 Å². The van der Waals surface area contributed by atoms with Crippen LogP contribution in [0, 0.1) is 0 Å². The van der Waals surface area contributed by atoms with Crippen LogP contribution in [-0.2, 0) is 4.74 Å². The first-order valence-corrected chi connectivity index (χ1v) is 8.25. The summed E-state index contributed by atoms with van der Waals surface area (Å²) in [6.45, 7) is 4.73. The Morgan fingerprint density at radius 1 is 0.960 bits per heavy atom. The summed E-state index contributed by atoms with van der Waals surface area (Å²) >= 11 is 0. The van der Waals surface area contributed by atoms with Gasteiger partial charge in [-0.05, 0) is 38.1 Å². The van der Waals surface area contributed by atoms with Crippen molar-refractivity contribution in [2.24, 2.45) is 4.99 Å². The summed E-state index contributed by atoms with van der Waals surface area (Å²) < 4.78 is 10.8. The minimum atomic E-state index is -0.129. The lowest BCUT2D eigenvalue weighted by molar-refractivity contribution is 0.278. The molecule has 0 aliphatic carbocycles. The molecule has 0 bridgehead atoms. The summed E-state index contributed by atoms with van der Waals surface area (Å²) in [5, 5.41) is 1.20. The third-order valence-electron chi connectivity index (χ3n) is 3.82. The molecule has 0 N–H and O–H groups in total. The highest BCUT2D eigenvalue weighted by Crippen LogP contribution is 2.25. The Bertz CT molecular complexity index is 822. The molecule has 0 amide bonds. The molecule has 0 atom stereocenters. The second-order valence-electron chi connectivity index (χ2n) is 6.41. The van der Waals surface area contributed by atoms with Gasteiger partial charge < -0.3 is 9.47 Å². The minimum absolute atomic E-state index is 0.129.